The van der Waals surface area contributed by atoms with E-state index in [1.807, 2.05) is 13.8 Å². The predicted octanol–water partition coefficient (Wildman–Crippen LogP) is 3.17. The van der Waals surface area contributed by atoms with Crippen LogP contribution >= 0.6 is 0 Å². The fourth-order valence-corrected chi connectivity index (χ4v) is 8.51. The normalized spacial score (nSPS) is 55.5. The van der Waals surface area contributed by atoms with Gasteiger partial charge in [0.2, 0.25) is 5.60 Å². The van der Waals surface area contributed by atoms with Gasteiger partial charge >= 0.3 is 5.97 Å². The summed E-state index contributed by atoms with van der Waals surface area (Å²) in [5, 5.41) is 11.5. The average Bonchev–Trinajstić information content (AvgIpc) is 3.27. The Bertz CT molecular complexity index is 975. The highest BCUT2D eigenvalue weighted by atomic mass is 19.1. The van der Waals surface area contributed by atoms with Crippen molar-refractivity contribution in [1.29, 1.82) is 0 Å². The zero-order valence-corrected chi connectivity index (χ0v) is 18.9. The van der Waals surface area contributed by atoms with Crippen LogP contribution in [0.4, 0.5) is 4.39 Å². The Morgan fingerprint density at radius 2 is 1.97 bits per heavy atom. The van der Waals surface area contributed by atoms with E-state index < -0.39 is 52.0 Å². The number of cyclic esters (lactones) is 1. The van der Waals surface area contributed by atoms with E-state index in [9.17, 15) is 14.7 Å². The summed E-state index contributed by atoms with van der Waals surface area (Å²) in [5.41, 5.74) is -5.32. The molecule has 2 heterocycles. The van der Waals surface area contributed by atoms with Gasteiger partial charge < -0.3 is 19.3 Å². The monoisotopic (exact) mass is 446 g/mol. The highest BCUT2D eigenvalue weighted by Crippen LogP contribution is 2.75. The van der Waals surface area contributed by atoms with Gasteiger partial charge in [-0.25, -0.2) is 9.18 Å². The molecule has 0 aromatic heterocycles. The van der Waals surface area contributed by atoms with E-state index in [-0.39, 0.29) is 24.7 Å². The van der Waals surface area contributed by atoms with E-state index in [0.29, 0.717) is 25.7 Å². The Hall–Kier alpha value is -1.57. The second-order valence-electron chi connectivity index (χ2n) is 11.2. The summed E-state index contributed by atoms with van der Waals surface area (Å²) >= 11 is 0. The zero-order chi connectivity index (χ0) is 22.7. The van der Waals surface area contributed by atoms with Crippen LogP contribution in [-0.2, 0) is 23.8 Å². The third-order valence-corrected chi connectivity index (χ3v) is 9.94. The molecule has 5 fully saturated rings. The molecule has 0 radical (unpaired) electrons. The molecular formula is C25H31FO6. The van der Waals surface area contributed by atoms with Crippen molar-refractivity contribution in [2.24, 2.45) is 22.7 Å². The quantitative estimate of drug-likeness (QED) is 0.656. The Morgan fingerprint density at radius 3 is 2.72 bits per heavy atom. The van der Waals surface area contributed by atoms with E-state index in [4.69, 9.17) is 14.2 Å². The third kappa shape index (κ3) is 2.00. The van der Waals surface area contributed by atoms with Gasteiger partial charge in [-0.05, 0) is 57.1 Å². The van der Waals surface area contributed by atoms with Crippen molar-refractivity contribution in [3.8, 4) is 0 Å². The first-order chi connectivity index (χ1) is 15.1. The highest BCUT2D eigenvalue weighted by molar-refractivity contribution is 6.01. The third-order valence-electron chi connectivity index (χ3n) is 9.94. The topological polar surface area (TPSA) is 82.1 Å². The largest absolute Gasteiger partial charge is 0.460 e. The molecule has 0 bridgehead atoms. The van der Waals surface area contributed by atoms with Crippen LogP contribution in [0.2, 0.25) is 0 Å². The summed E-state index contributed by atoms with van der Waals surface area (Å²) in [6.07, 6.45) is 5.96. The number of alkyl halides is 1. The summed E-state index contributed by atoms with van der Waals surface area (Å²) in [6.45, 7) is 5.90. The van der Waals surface area contributed by atoms with Gasteiger partial charge in [0.1, 0.15) is 12.2 Å². The van der Waals surface area contributed by atoms with E-state index >= 15 is 4.39 Å². The van der Waals surface area contributed by atoms with Gasteiger partial charge in [0.05, 0.1) is 6.10 Å². The van der Waals surface area contributed by atoms with Gasteiger partial charge in [0, 0.05) is 16.7 Å². The number of carbonyl (C=O) groups excluding carboxylic acids is 2. The molecule has 4 aliphatic carbocycles. The summed E-state index contributed by atoms with van der Waals surface area (Å²) in [5.74, 6) is -1.27. The number of rotatable bonds is 2. The molecule has 0 amide bonds. The Labute approximate surface area is 187 Å². The van der Waals surface area contributed by atoms with Crippen LogP contribution in [0, 0.1) is 22.7 Å². The number of halogens is 1. The molecule has 6 nitrogen and oxygen atoms in total. The lowest BCUT2D eigenvalue weighted by Gasteiger charge is -2.62. The molecule has 174 valence electrons. The minimum Gasteiger partial charge on any atom is -0.460 e. The zero-order valence-electron chi connectivity index (χ0n) is 18.9. The Kier molecular flexibility index (Phi) is 4.00. The maximum atomic E-state index is 17.3. The fraction of sp³-hybridized carbons (Fsp3) is 0.760. The number of aliphatic hydroxyl groups excluding tert-OH is 1. The first-order valence-corrected chi connectivity index (χ1v) is 11.9. The molecule has 6 rings (SSSR count). The van der Waals surface area contributed by atoms with Crippen molar-refractivity contribution in [2.75, 3.05) is 6.61 Å². The molecule has 7 heteroatoms. The van der Waals surface area contributed by atoms with Gasteiger partial charge in [-0.2, -0.15) is 0 Å². The molecule has 9 atom stereocenters. The molecular weight excluding hydrogens is 415 g/mol. The van der Waals surface area contributed by atoms with E-state index in [1.165, 1.54) is 12.2 Å². The standard InChI is InChI=1S/C25H31FO6/c1-4-5-19-31-23-11-17-16-7-6-14-10-15(27)8-9-21(14,2)24(16,26)18(28)12-22(17,3)25(23,32-19)20(29)30-13-23/h8-10,16-19,28H,4-7,11-13H2,1-3H3/t16-,17-,18-,19?,21-,22-,23-,24-,25-/m0/s1. The molecule has 0 aromatic carbocycles. The summed E-state index contributed by atoms with van der Waals surface area (Å²) in [6, 6.07) is 0. The SMILES string of the molecule is CCCC1O[C@@]23COC(=O)[C@]2(O1)[C@@]1(C)C[C@H](O)[C@@]2(F)[C@@H](CCC4=CC(=O)C=C[C@@]42C)[C@@H]1C3. The number of carbonyl (C=O) groups is 2. The van der Waals surface area contributed by atoms with Gasteiger partial charge in [0.25, 0.3) is 0 Å². The lowest BCUT2D eigenvalue weighted by Crippen LogP contribution is -2.69. The summed E-state index contributed by atoms with van der Waals surface area (Å²) in [7, 11) is 0. The molecule has 0 spiro atoms. The van der Waals surface area contributed by atoms with Crippen molar-refractivity contribution < 1.29 is 33.3 Å². The average molecular weight is 447 g/mol. The van der Waals surface area contributed by atoms with Crippen LogP contribution in [0.15, 0.2) is 23.8 Å². The lowest BCUT2D eigenvalue weighted by atomic mass is 9.45. The number of hydrogen-bond donors (Lipinski definition) is 1. The second kappa shape index (κ2) is 6.10. The van der Waals surface area contributed by atoms with Crippen LogP contribution in [0.25, 0.3) is 0 Å². The van der Waals surface area contributed by atoms with Crippen LogP contribution in [-0.4, -0.2) is 52.7 Å². The maximum Gasteiger partial charge on any atom is 0.342 e. The summed E-state index contributed by atoms with van der Waals surface area (Å²) in [4.78, 5) is 25.3. The van der Waals surface area contributed by atoms with Crippen LogP contribution < -0.4 is 0 Å². The molecule has 32 heavy (non-hydrogen) atoms. The molecule has 6 aliphatic rings. The number of esters is 1. The smallest absolute Gasteiger partial charge is 0.342 e. The van der Waals surface area contributed by atoms with Crippen molar-refractivity contribution in [2.45, 2.75) is 88.6 Å². The minimum absolute atomic E-state index is 0.0778. The number of ether oxygens (including phenoxy) is 3. The van der Waals surface area contributed by atoms with Crippen LogP contribution in [0.5, 0.6) is 0 Å². The van der Waals surface area contributed by atoms with Crippen molar-refractivity contribution in [3.63, 3.8) is 0 Å². The summed E-state index contributed by atoms with van der Waals surface area (Å²) < 4.78 is 35.6. The molecule has 2 saturated heterocycles. The number of allylic oxidation sites excluding steroid dienone is 4. The van der Waals surface area contributed by atoms with Crippen molar-refractivity contribution in [1.82, 2.24) is 0 Å². The Balaban J connectivity index is 1.47. The number of hydrogen-bond acceptors (Lipinski definition) is 6. The second-order valence-corrected chi connectivity index (χ2v) is 11.2. The molecule has 1 N–H and O–H groups in total. The van der Waals surface area contributed by atoms with E-state index in [0.717, 1.165) is 12.0 Å². The van der Waals surface area contributed by atoms with Gasteiger partial charge in [0.15, 0.2) is 17.7 Å². The predicted molar refractivity (Wildman–Crippen MR) is 111 cm³/mol. The molecule has 1 unspecified atom stereocenters. The highest BCUT2D eigenvalue weighted by Gasteiger charge is 2.87. The first kappa shape index (κ1) is 21.0. The van der Waals surface area contributed by atoms with Crippen LogP contribution in [0.3, 0.4) is 0 Å². The van der Waals surface area contributed by atoms with Crippen molar-refractivity contribution in [3.05, 3.63) is 23.8 Å². The number of fused-ring (bicyclic) bond motifs is 5. The van der Waals surface area contributed by atoms with Crippen molar-refractivity contribution >= 4 is 11.8 Å². The van der Waals surface area contributed by atoms with E-state index in [1.54, 1.807) is 13.0 Å². The van der Waals surface area contributed by atoms with Crippen LogP contribution in [0.1, 0.15) is 59.3 Å². The van der Waals surface area contributed by atoms with Gasteiger partial charge in [-0.1, -0.05) is 31.9 Å². The fourth-order valence-electron chi connectivity index (χ4n) is 8.51. The minimum atomic E-state index is -1.94. The maximum absolute atomic E-state index is 17.3. The number of ketones is 1. The van der Waals surface area contributed by atoms with Gasteiger partial charge in [-0.3, -0.25) is 4.79 Å². The first-order valence-electron chi connectivity index (χ1n) is 11.9. The van der Waals surface area contributed by atoms with E-state index in [2.05, 4.69) is 0 Å². The molecule has 0 aromatic rings. The lowest BCUT2D eigenvalue weighted by molar-refractivity contribution is -0.237. The molecule has 2 aliphatic heterocycles. The molecule has 3 saturated carbocycles. The van der Waals surface area contributed by atoms with Gasteiger partial charge in [-0.15, -0.1) is 0 Å². The Morgan fingerprint density at radius 1 is 1.19 bits per heavy atom. The number of aliphatic hydroxyl groups is 1.